The number of esters is 1. The lowest BCUT2D eigenvalue weighted by molar-refractivity contribution is -0.140. The molecule has 2 aromatic rings. The summed E-state index contributed by atoms with van der Waals surface area (Å²) in [5.74, 6) is 6.45. The fourth-order valence-corrected chi connectivity index (χ4v) is 5.26. The second-order valence-electron chi connectivity index (χ2n) is 6.56. The van der Waals surface area contributed by atoms with Crippen molar-refractivity contribution >= 4 is 19.2 Å². The predicted molar refractivity (Wildman–Crippen MR) is 102 cm³/mol. The lowest BCUT2D eigenvalue weighted by atomic mass is 10.1. The Kier molecular flexibility index (Phi) is 6.00. The predicted octanol–water partition coefficient (Wildman–Crippen LogP) is 3.90. The van der Waals surface area contributed by atoms with Crippen molar-refractivity contribution in [1.82, 2.24) is 0 Å². The summed E-state index contributed by atoms with van der Waals surface area (Å²) < 4.78 is 4.90. The van der Waals surface area contributed by atoms with Gasteiger partial charge in [0.05, 0.1) is 21.6 Å². The Hall–Kier alpha value is -2.31. The van der Waals surface area contributed by atoms with E-state index in [-0.39, 0.29) is 11.5 Å². The van der Waals surface area contributed by atoms with Gasteiger partial charge in [-0.05, 0) is 24.6 Å². The van der Waals surface area contributed by atoms with E-state index >= 15 is 0 Å². The van der Waals surface area contributed by atoms with E-state index in [1.807, 2.05) is 30.3 Å². The van der Waals surface area contributed by atoms with Crippen LogP contribution in [0.5, 0.6) is 0 Å². The summed E-state index contributed by atoms with van der Waals surface area (Å²) in [4.78, 5) is 11.9. The molecule has 0 spiro atoms. The first-order valence-corrected chi connectivity index (χ1v) is 11.2. The monoisotopic (exact) mass is 336 g/mol. The maximum absolute atomic E-state index is 11.9. The lowest BCUT2D eigenvalue weighted by Crippen LogP contribution is -2.46. The molecule has 0 aliphatic rings. The molecular formula is C21H24O2Si. The molecule has 2 rings (SSSR count). The van der Waals surface area contributed by atoms with E-state index in [9.17, 15) is 4.79 Å². The molecular weight excluding hydrogens is 312 g/mol. The highest BCUT2D eigenvalue weighted by Gasteiger charge is 2.34. The Morgan fingerprint density at radius 3 is 2.46 bits per heavy atom. The molecule has 0 radical (unpaired) electrons. The molecule has 0 saturated carbocycles. The van der Waals surface area contributed by atoms with Crippen LogP contribution in [0.15, 0.2) is 54.6 Å². The fourth-order valence-electron chi connectivity index (χ4n) is 2.70. The van der Waals surface area contributed by atoms with Gasteiger partial charge in [-0.3, -0.25) is 4.79 Å². The van der Waals surface area contributed by atoms with Gasteiger partial charge in [-0.25, -0.2) is 0 Å². The molecule has 0 N–H and O–H groups in total. The molecule has 24 heavy (non-hydrogen) atoms. The Labute approximate surface area is 145 Å². The minimum absolute atomic E-state index is 0.00728. The van der Waals surface area contributed by atoms with Gasteiger partial charge in [0, 0.05) is 11.1 Å². The zero-order valence-electron chi connectivity index (χ0n) is 14.8. The number of benzene rings is 2. The van der Waals surface area contributed by atoms with E-state index in [2.05, 4.69) is 56.1 Å². The lowest BCUT2D eigenvalue weighted by Gasteiger charge is -2.28. The minimum Gasteiger partial charge on any atom is -0.469 e. The number of carbonyl (C=O) groups is 1. The molecule has 1 atom stereocenters. The molecule has 0 heterocycles. The zero-order valence-corrected chi connectivity index (χ0v) is 15.8. The number of ether oxygens (including phenoxy) is 1. The Morgan fingerprint density at radius 1 is 1.12 bits per heavy atom. The van der Waals surface area contributed by atoms with E-state index in [0.717, 1.165) is 5.56 Å². The highest BCUT2D eigenvalue weighted by atomic mass is 28.3. The molecule has 0 fully saturated rings. The average molecular weight is 337 g/mol. The number of methoxy groups -OCH3 is 1. The van der Waals surface area contributed by atoms with Crippen LogP contribution >= 0.6 is 0 Å². The first-order chi connectivity index (χ1) is 11.4. The third kappa shape index (κ3) is 4.59. The van der Waals surface area contributed by atoms with E-state index < -0.39 is 8.07 Å². The zero-order chi connectivity index (χ0) is 17.6. The van der Waals surface area contributed by atoms with Crippen LogP contribution in [0, 0.1) is 18.8 Å². The van der Waals surface area contributed by atoms with Crippen LogP contribution in [0.1, 0.15) is 17.5 Å². The number of carbonyl (C=O) groups excluding carboxylic acids is 1. The van der Waals surface area contributed by atoms with E-state index in [1.165, 1.54) is 17.9 Å². The topological polar surface area (TPSA) is 26.3 Å². The first-order valence-electron chi connectivity index (χ1n) is 8.14. The highest BCUT2D eigenvalue weighted by Crippen LogP contribution is 2.25. The standard InChI is InChI=1S/C21H24O2Si/c1-17-9-8-10-18(15-17)13-14-20(16-21(22)23-2)24(3,4)19-11-6-5-7-12-19/h5-12,15,20H,16H2,1-4H3/t20-/m0/s1. The maximum Gasteiger partial charge on any atom is 0.306 e. The third-order valence-electron chi connectivity index (χ3n) is 4.40. The van der Waals surface area contributed by atoms with Gasteiger partial charge in [-0.15, -0.1) is 0 Å². The molecule has 3 heteroatoms. The number of rotatable bonds is 4. The quantitative estimate of drug-likeness (QED) is 0.481. The highest BCUT2D eigenvalue weighted by molar-refractivity contribution is 6.91. The largest absolute Gasteiger partial charge is 0.469 e. The number of aryl methyl sites for hydroxylation is 1. The first kappa shape index (κ1) is 18.0. The maximum atomic E-state index is 11.9. The summed E-state index contributed by atoms with van der Waals surface area (Å²) in [6, 6.07) is 18.5. The molecule has 0 saturated heterocycles. The minimum atomic E-state index is -1.93. The van der Waals surface area contributed by atoms with Crippen molar-refractivity contribution < 1.29 is 9.53 Å². The smallest absolute Gasteiger partial charge is 0.306 e. The van der Waals surface area contributed by atoms with Crippen molar-refractivity contribution in [2.24, 2.45) is 0 Å². The van der Waals surface area contributed by atoms with Crippen LogP contribution in [0.25, 0.3) is 0 Å². The normalized spacial score (nSPS) is 12.0. The van der Waals surface area contributed by atoms with Crippen LogP contribution in [-0.4, -0.2) is 21.2 Å². The number of hydrogen-bond donors (Lipinski definition) is 0. The molecule has 2 aromatic carbocycles. The Balaban J connectivity index is 2.37. The Morgan fingerprint density at radius 2 is 1.83 bits per heavy atom. The fraction of sp³-hybridized carbons (Fsp3) is 0.286. The van der Waals surface area contributed by atoms with Gasteiger partial charge in [-0.2, -0.15) is 0 Å². The van der Waals surface area contributed by atoms with Crippen molar-refractivity contribution in [2.45, 2.75) is 32.0 Å². The molecule has 0 bridgehead atoms. The Bertz CT molecular complexity index is 754. The van der Waals surface area contributed by atoms with E-state index in [1.54, 1.807) is 0 Å². The summed E-state index contributed by atoms with van der Waals surface area (Å²) in [7, 11) is -0.495. The van der Waals surface area contributed by atoms with Gasteiger partial charge in [0.15, 0.2) is 0 Å². The van der Waals surface area contributed by atoms with Crippen LogP contribution in [0.2, 0.25) is 18.6 Å². The van der Waals surface area contributed by atoms with Crippen molar-refractivity contribution in [3.8, 4) is 11.8 Å². The van der Waals surface area contributed by atoms with Crippen molar-refractivity contribution in [2.75, 3.05) is 7.11 Å². The molecule has 0 aliphatic heterocycles. The van der Waals surface area contributed by atoms with Gasteiger partial charge in [-0.1, -0.05) is 72.6 Å². The van der Waals surface area contributed by atoms with Crippen molar-refractivity contribution in [3.05, 3.63) is 65.7 Å². The van der Waals surface area contributed by atoms with Crippen molar-refractivity contribution in [3.63, 3.8) is 0 Å². The SMILES string of the molecule is COC(=O)C[C@H](C#Cc1cccc(C)c1)[Si](C)(C)c1ccccc1. The molecule has 0 amide bonds. The van der Waals surface area contributed by atoms with Crippen LogP contribution < -0.4 is 5.19 Å². The molecule has 0 aliphatic carbocycles. The van der Waals surface area contributed by atoms with E-state index in [4.69, 9.17) is 4.74 Å². The molecule has 0 unspecified atom stereocenters. The molecule has 124 valence electrons. The molecule has 0 aromatic heterocycles. The summed E-state index contributed by atoms with van der Waals surface area (Å²) >= 11 is 0. The molecule has 2 nitrogen and oxygen atoms in total. The van der Waals surface area contributed by atoms with Gasteiger partial charge < -0.3 is 4.74 Å². The van der Waals surface area contributed by atoms with Gasteiger partial charge in [0.25, 0.3) is 0 Å². The van der Waals surface area contributed by atoms with Gasteiger partial charge >= 0.3 is 5.97 Å². The average Bonchev–Trinajstić information content (AvgIpc) is 2.59. The van der Waals surface area contributed by atoms with Crippen LogP contribution in [0.3, 0.4) is 0 Å². The van der Waals surface area contributed by atoms with Gasteiger partial charge in [0.2, 0.25) is 0 Å². The second kappa shape index (κ2) is 7.99. The third-order valence-corrected chi connectivity index (χ3v) is 8.31. The van der Waals surface area contributed by atoms with Crippen LogP contribution in [-0.2, 0) is 9.53 Å². The van der Waals surface area contributed by atoms with Crippen LogP contribution in [0.4, 0.5) is 0 Å². The second-order valence-corrected chi connectivity index (χ2v) is 11.3. The van der Waals surface area contributed by atoms with E-state index in [0.29, 0.717) is 6.42 Å². The number of hydrogen-bond acceptors (Lipinski definition) is 2. The summed E-state index contributed by atoms with van der Waals surface area (Å²) in [5, 5.41) is 1.30. The van der Waals surface area contributed by atoms with Crippen molar-refractivity contribution in [1.29, 1.82) is 0 Å². The summed E-state index contributed by atoms with van der Waals surface area (Å²) in [6.45, 7) is 6.58. The summed E-state index contributed by atoms with van der Waals surface area (Å²) in [5.41, 5.74) is 2.18. The summed E-state index contributed by atoms with van der Waals surface area (Å²) in [6.07, 6.45) is 0.337. The van der Waals surface area contributed by atoms with Gasteiger partial charge in [0.1, 0.15) is 0 Å².